The molecule has 4 aromatic carbocycles. The van der Waals surface area contributed by atoms with Gasteiger partial charge in [-0.25, -0.2) is 12.8 Å². The lowest BCUT2D eigenvalue weighted by Gasteiger charge is -2.35. The Morgan fingerprint density at radius 1 is 0.854 bits per heavy atom. The fourth-order valence-electron chi connectivity index (χ4n) is 5.03. The van der Waals surface area contributed by atoms with Crippen LogP contribution < -0.4 is 19.1 Å². The van der Waals surface area contributed by atoms with Gasteiger partial charge in [-0.3, -0.25) is 13.9 Å². The number of hydrogen-bond acceptors (Lipinski definition) is 6. The summed E-state index contributed by atoms with van der Waals surface area (Å²) in [6.07, 6.45) is 0.154. The zero-order chi connectivity index (χ0) is 35.1. The van der Waals surface area contributed by atoms with Gasteiger partial charge in [0.1, 0.15) is 18.4 Å². The van der Waals surface area contributed by atoms with E-state index < -0.39 is 45.8 Å². The zero-order valence-corrected chi connectivity index (χ0v) is 29.0. The number of carbonyl (C=O) groups is 2. The molecule has 0 saturated heterocycles. The summed E-state index contributed by atoms with van der Waals surface area (Å²) >= 11 is 6.14. The maximum atomic E-state index is 14.6. The summed E-state index contributed by atoms with van der Waals surface area (Å²) < 4.78 is 54.1. The molecule has 4 aromatic rings. The predicted octanol–water partition coefficient (Wildman–Crippen LogP) is 6.25. The van der Waals surface area contributed by atoms with Crippen LogP contribution in [0.25, 0.3) is 0 Å². The van der Waals surface area contributed by atoms with Crippen molar-refractivity contribution in [2.45, 2.75) is 50.2 Å². The average molecular weight is 696 g/mol. The first-order valence-corrected chi connectivity index (χ1v) is 16.9. The third-order valence-corrected chi connectivity index (χ3v) is 9.39. The van der Waals surface area contributed by atoms with E-state index in [2.05, 4.69) is 5.32 Å². The van der Waals surface area contributed by atoms with Crippen molar-refractivity contribution >= 4 is 39.1 Å². The second kappa shape index (κ2) is 15.5. The molecule has 2 amide bonds. The SMILES string of the molecule is COc1ccc(S(=O)(=O)N(CC(=O)N(Cc2ccc(Cl)cc2)[C@H](Cc2ccccc2)C(=O)NC(C)(C)C)c2ccc(F)cc2)cc1OC. The second-order valence-corrected chi connectivity index (χ2v) is 14.4. The lowest BCUT2D eigenvalue weighted by molar-refractivity contribution is -0.140. The van der Waals surface area contributed by atoms with E-state index >= 15 is 0 Å². The molecule has 4 rings (SSSR count). The molecule has 1 N–H and O–H groups in total. The number of ether oxygens (including phenoxy) is 2. The van der Waals surface area contributed by atoms with Gasteiger partial charge in [0, 0.05) is 29.6 Å². The molecule has 254 valence electrons. The smallest absolute Gasteiger partial charge is 0.264 e. The minimum atomic E-state index is -4.46. The molecule has 0 unspecified atom stereocenters. The molecule has 0 fully saturated rings. The molecule has 0 bridgehead atoms. The molecule has 0 aliphatic heterocycles. The minimum absolute atomic E-state index is 0.0290. The number of nitrogens with one attached hydrogen (secondary N) is 1. The number of hydrogen-bond donors (Lipinski definition) is 1. The van der Waals surface area contributed by atoms with E-state index in [4.69, 9.17) is 21.1 Å². The lowest BCUT2D eigenvalue weighted by atomic mass is 10.0. The summed E-state index contributed by atoms with van der Waals surface area (Å²) in [6.45, 7) is 4.77. The van der Waals surface area contributed by atoms with Crippen molar-refractivity contribution in [3.8, 4) is 11.5 Å². The Balaban J connectivity index is 1.83. The van der Waals surface area contributed by atoms with E-state index in [-0.39, 0.29) is 29.3 Å². The van der Waals surface area contributed by atoms with E-state index in [9.17, 15) is 22.4 Å². The topological polar surface area (TPSA) is 105 Å². The molecule has 9 nitrogen and oxygen atoms in total. The first-order chi connectivity index (χ1) is 22.7. The number of benzene rings is 4. The maximum Gasteiger partial charge on any atom is 0.264 e. The molecule has 0 spiro atoms. The van der Waals surface area contributed by atoms with Gasteiger partial charge in [0.2, 0.25) is 11.8 Å². The molecule has 0 aliphatic carbocycles. The Hall–Kier alpha value is -4.61. The van der Waals surface area contributed by atoms with Crippen LogP contribution in [-0.4, -0.2) is 57.5 Å². The van der Waals surface area contributed by atoms with Crippen LogP contribution >= 0.6 is 11.6 Å². The first-order valence-electron chi connectivity index (χ1n) is 15.1. The van der Waals surface area contributed by atoms with Crippen molar-refractivity contribution in [1.82, 2.24) is 10.2 Å². The van der Waals surface area contributed by atoms with Crippen LogP contribution in [0.5, 0.6) is 11.5 Å². The number of nitrogens with zero attached hydrogens (tertiary/aromatic N) is 2. The summed E-state index contributed by atoms with van der Waals surface area (Å²) in [6, 6.07) is 23.9. The fraction of sp³-hybridized carbons (Fsp3) is 0.278. The van der Waals surface area contributed by atoms with Gasteiger partial charge in [-0.2, -0.15) is 0 Å². The van der Waals surface area contributed by atoms with Crippen LogP contribution in [-0.2, 0) is 32.6 Å². The zero-order valence-electron chi connectivity index (χ0n) is 27.4. The summed E-state index contributed by atoms with van der Waals surface area (Å²) in [5.41, 5.74) is 0.891. The molecule has 0 saturated carbocycles. The van der Waals surface area contributed by atoms with E-state index in [0.717, 1.165) is 22.0 Å². The molecular weight excluding hydrogens is 657 g/mol. The highest BCUT2D eigenvalue weighted by Crippen LogP contribution is 2.32. The summed E-state index contributed by atoms with van der Waals surface area (Å²) in [4.78, 5) is 29.7. The normalized spacial score (nSPS) is 12.1. The number of amides is 2. The molecule has 0 aromatic heterocycles. The summed E-state index contributed by atoms with van der Waals surface area (Å²) in [7, 11) is -1.66. The summed E-state index contributed by atoms with van der Waals surface area (Å²) in [5, 5.41) is 3.48. The highest BCUT2D eigenvalue weighted by Gasteiger charge is 2.36. The number of methoxy groups -OCH3 is 2. The number of sulfonamides is 1. The Labute approximate surface area is 286 Å². The Bertz CT molecular complexity index is 1820. The second-order valence-electron chi connectivity index (χ2n) is 12.1. The van der Waals surface area contributed by atoms with Crippen LogP contribution in [0, 0.1) is 5.82 Å². The number of rotatable bonds is 13. The van der Waals surface area contributed by atoms with Crippen LogP contribution in [0.2, 0.25) is 5.02 Å². The maximum absolute atomic E-state index is 14.6. The Morgan fingerprint density at radius 3 is 2.06 bits per heavy atom. The van der Waals surface area contributed by atoms with Gasteiger partial charge in [-0.1, -0.05) is 54.1 Å². The van der Waals surface area contributed by atoms with E-state index in [1.165, 1.54) is 49.5 Å². The van der Waals surface area contributed by atoms with Crippen LogP contribution in [0.4, 0.5) is 10.1 Å². The van der Waals surface area contributed by atoms with E-state index in [1.54, 1.807) is 24.3 Å². The Morgan fingerprint density at radius 2 is 1.48 bits per heavy atom. The molecule has 0 heterocycles. The lowest BCUT2D eigenvalue weighted by Crippen LogP contribution is -2.56. The average Bonchev–Trinajstić information content (AvgIpc) is 3.05. The van der Waals surface area contributed by atoms with Gasteiger partial charge in [0.25, 0.3) is 10.0 Å². The predicted molar refractivity (Wildman–Crippen MR) is 184 cm³/mol. The van der Waals surface area contributed by atoms with Gasteiger partial charge < -0.3 is 19.7 Å². The van der Waals surface area contributed by atoms with Gasteiger partial charge in [-0.05, 0) is 80.4 Å². The molecule has 12 heteroatoms. The van der Waals surface area contributed by atoms with Crippen LogP contribution in [0.1, 0.15) is 31.9 Å². The van der Waals surface area contributed by atoms with Crippen LogP contribution in [0.3, 0.4) is 0 Å². The third-order valence-electron chi connectivity index (χ3n) is 7.37. The molecule has 1 atom stereocenters. The molecular formula is C36H39ClFN3O6S. The summed E-state index contributed by atoms with van der Waals surface area (Å²) in [5.74, 6) is -1.19. The highest BCUT2D eigenvalue weighted by molar-refractivity contribution is 7.92. The van der Waals surface area contributed by atoms with Gasteiger partial charge in [0.05, 0.1) is 24.8 Å². The van der Waals surface area contributed by atoms with Crippen molar-refractivity contribution in [1.29, 1.82) is 0 Å². The van der Waals surface area contributed by atoms with Crippen molar-refractivity contribution in [3.63, 3.8) is 0 Å². The van der Waals surface area contributed by atoms with Crippen molar-refractivity contribution < 1.29 is 31.9 Å². The third kappa shape index (κ3) is 9.26. The van der Waals surface area contributed by atoms with Crippen molar-refractivity contribution in [2.75, 3.05) is 25.1 Å². The number of halogens is 2. The minimum Gasteiger partial charge on any atom is -0.493 e. The quantitative estimate of drug-likeness (QED) is 0.177. The standard InChI is InChI=1S/C36H39ClFN3O6S/c1-36(2,3)39-35(43)31(21-25-9-7-6-8-10-25)40(23-26-11-13-27(37)14-12-26)34(42)24-41(29-17-15-28(38)16-18-29)48(44,45)30-19-20-32(46-4)33(22-30)47-5/h6-20,22,31H,21,23-24H2,1-5H3,(H,39,43)/t31-/m1/s1. The van der Waals surface area contributed by atoms with Crippen molar-refractivity contribution in [3.05, 3.63) is 119 Å². The Kier molecular flexibility index (Phi) is 11.7. The van der Waals surface area contributed by atoms with Gasteiger partial charge >= 0.3 is 0 Å². The molecule has 0 aliphatic rings. The largest absolute Gasteiger partial charge is 0.493 e. The molecule has 0 radical (unpaired) electrons. The van der Waals surface area contributed by atoms with Gasteiger partial charge in [0.15, 0.2) is 11.5 Å². The molecule has 48 heavy (non-hydrogen) atoms. The monoisotopic (exact) mass is 695 g/mol. The van der Waals surface area contributed by atoms with Gasteiger partial charge in [-0.15, -0.1) is 0 Å². The highest BCUT2D eigenvalue weighted by atomic mass is 35.5. The van der Waals surface area contributed by atoms with E-state index in [1.807, 2.05) is 51.1 Å². The number of carbonyl (C=O) groups excluding carboxylic acids is 2. The number of anilines is 1. The van der Waals surface area contributed by atoms with Crippen molar-refractivity contribution in [2.24, 2.45) is 0 Å². The van der Waals surface area contributed by atoms with Crippen LogP contribution in [0.15, 0.2) is 102 Å². The van der Waals surface area contributed by atoms with E-state index in [0.29, 0.717) is 16.3 Å². The fourth-order valence-corrected chi connectivity index (χ4v) is 6.59. The first kappa shape index (κ1) is 36.2.